The molecule has 0 bridgehead atoms. The van der Waals surface area contributed by atoms with Crippen molar-refractivity contribution in [3.05, 3.63) is 29.8 Å². The molecule has 0 aromatic heterocycles. The molecule has 0 amide bonds. The van der Waals surface area contributed by atoms with E-state index in [1.54, 1.807) is 0 Å². The van der Waals surface area contributed by atoms with E-state index in [4.69, 9.17) is 10.00 Å². The molecular weight excluding hydrogens is 260 g/mol. The first-order valence-corrected chi connectivity index (χ1v) is 7.84. The molecule has 1 aromatic rings. The molecule has 2 rings (SSSR count). The molecule has 1 saturated heterocycles. The van der Waals surface area contributed by atoms with Crippen LogP contribution in [0.4, 0.5) is 0 Å². The second-order valence-corrected chi connectivity index (χ2v) is 6.87. The molecule has 0 atom stereocenters. The lowest BCUT2D eigenvalue weighted by Crippen LogP contribution is -2.36. The first kappa shape index (κ1) is 15.9. The smallest absolute Gasteiger partial charge is 0.119 e. The molecule has 0 spiro atoms. The van der Waals surface area contributed by atoms with Gasteiger partial charge in [0, 0.05) is 12.5 Å². The van der Waals surface area contributed by atoms with E-state index in [-0.39, 0.29) is 11.3 Å². The van der Waals surface area contributed by atoms with Crippen LogP contribution >= 0.6 is 0 Å². The van der Waals surface area contributed by atoms with Gasteiger partial charge in [0.05, 0.1) is 6.07 Å². The Hall–Kier alpha value is -1.53. The molecule has 0 N–H and O–H groups in total. The highest BCUT2D eigenvalue weighted by Crippen LogP contribution is 2.24. The average molecular weight is 286 g/mol. The Morgan fingerprint density at radius 1 is 1.19 bits per heavy atom. The van der Waals surface area contributed by atoms with Gasteiger partial charge >= 0.3 is 0 Å². The van der Waals surface area contributed by atoms with Crippen LogP contribution in [0.2, 0.25) is 0 Å². The first-order valence-electron chi connectivity index (χ1n) is 7.84. The minimum absolute atomic E-state index is 0.184. The van der Waals surface area contributed by atoms with E-state index in [9.17, 15) is 0 Å². The van der Waals surface area contributed by atoms with Gasteiger partial charge in [-0.05, 0) is 49.0 Å². The van der Waals surface area contributed by atoms with Gasteiger partial charge in [0.15, 0.2) is 0 Å². The van der Waals surface area contributed by atoms with Crippen LogP contribution in [0.3, 0.4) is 0 Å². The fourth-order valence-corrected chi connectivity index (χ4v) is 2.63. The molecule has 21 heavy (non-hydrogen) atoms. The number of nitriles is 1. The summed E-state index contributed by atoms with van der Waals surface area (Å²) >= 11 is 0. The van der Waals surface area contributed by atoms with Crippen molar-refractivity contribution in [2.75, 3.05) is 26.2 Å². The summed E-state index contributed by atoms with van der Waals surface area (Å²) in [6.07, 6.45) is 1.99. The first-order chi connectivity index (χ1) is 9.99. The Labute approximate surface area is 128 Å². The topological polar surface area (TPSA) is 36.3 Å². The summed E-state index contributed by atoms with van der Waals surface area (Å²) < 4.78 is 5.82. The molecule has 1 aromatic carbocycles. The van der Waals surface area contributed by atoms with E-state index < -0.39 is 0 Å². The number of likely N-dealkylation sites (tertiary alicyclic amines) is 1. The Morgan fingerprint density at radius 2 is 1.81 bits per heavy atom. The third-order valence-electron chi connectivity index (χ3n) is 4.17. The molecule has 114 valence electrons. The molecule has 0 radical (unpaired) electrons. The van der Waals surface area contributed by atoms with Crippen LogP contribution in [0, 0.1) is 17.2 Å². The van der Waals surface area contributed by atoms with E-state index >= 15 is 0 Å². The second kappa shape index (κ2) is 6.95. The zero-order chi connectivity index (χ0) is 15.3. The fraction of sp³-hybridized carbons (Fsp3) is 0.611. The monoisotopic (exact) mass is 286 g/mol. The van der Waals surface area contributed by atoms with Gasteiger partial charge in [0.2, 0.25) is 0 Å². The lowest BCUT2D eigenvalue weighted by molar-refractivity contribution is 0.169. The van der Waals surface area contributed by atoms with Gasteiger partial charge in [0.25, 0.3) is 0 Å². The van der Waals surface area contributed by atoms with Gasteiger partial charge in [-0.15, -0.1) is 0 Å². The van der Waals surface area contributed by atoms with Gasteiger partial charge in [-0.3, -0.25) is 4.90 Å². The largest absolute Gasteiger partial charge is 0.492 e. The van der Waals surface area contributed by atoms with Crippen molar-refractivity contribution in [2.24, 2.45) is 5.92 Å². The van der Waals surface area contributed by atoms with Crippen LogP contribution in [0.5, 0.6) is 5.75 Å². The van der Waals surface area contributed by atoms with Crippen LogP contribution in [-0.4, -0.2) is 31.1 Å². The van der Waals surface area contributed by atoms with E-state index in [1.807, 2.05) is 0 Å². The van der Waals surface area contributed by atoms with Crippen LogP contribution in [0.1, 0.15) is 39.2 Å². The van der Waals surface area contributed by atoms with Gasteiger partial charge in [0.1, 0.15) is 12.4 Å². The van der Waals surface area contributed by atoms with Gasteiger partial charge in [-0.2, -0.15) is 5.26 Å². The maximum atomic E-state index is 8.89. The predicted octanol–water partition coefficient (Wildman–Crippen LogP) is 3.60. The molecule has 1 fully saturated rings. The highest BCUT2D eigenvalue weighted by molar-refractivity contribution is 5.31. The predicted molar refractivity (Wildman–Crippen MR) is 85.4 cm³/mol. The Bertz CT molecular complexity index is 473. The minimum atomic E-state index is 0.184. The number of hydrogen-bond acceptors (Lipinski definition) is 3. The average Bonchev–Trinajstić information content (AvgIpc) is 2.47. The molecule has 1 aliphatic rings. The van der Waals surface area contributed by atoms with E-state index in [2.05, 4.69) is 56.0 Å². The van der Waals surface area contributed by atoms with Crippen LogP contribution < -0.4 is 4.74 Å². The normalized spacial score (nSPS) is 17.4. The molecule has 1 aliphatic heterocycles. The summed E-state index contributed by atoms with van der Waals surface area (Å²) in [4.78, 5) is 2.39. The van der Waals surface area contributed by atoms with Crippen LogP contribution in [0.25, 0.3) is 0 Å². The fourth-order valence-electron chi connectivity index (χ4n) is 2.63. The summed E-state index contributed by atoms with van der Waals surface area (Å²) in [5.41, 5.74) is 1.51. The van der Waals surface area contributed by atoms with Crippen molar-refractivity contribution in [1.82, 2.24) is 4.90 Å². The van der Waals surface area contributed by atoms with Crippen molar-refractivity contribution in [2.45, 2.75) is 39.0 Å². The maximum Gasteiger partial charge on any atom is 0.119 e. The van der Waals surface area contributed by atoms with Crippen LogP contribution in [-0.2, 0) is 5.41 Å². The number of piperidine rings is 1. The van der Waals surface area contributed by atoms with E-state index in [0.717, 1.165) is 38.2 Å². The van der Waals surface area contributed by atoms with Crippen molar-refractivity contribution in [1.29, 1.82) is 5.26 Å². The highest BCUT2D eigenvalue weighted by atomic mass is 16.5. The molecule has 1 heterocycles. The molecule has 0 saturated carbocycles. The number of ether oxygens (including phenoxy) is 1. The Balaban J connectivity index is 1.73. The summed E-state index contributed by atoms with van der Waals surface area (Å²) in [6, 6.07) is 10.8. The van der Waals surface area contributed by atoms with Gasteiger partial charge in [-0.25, -0.2) is 0 Å². The van der Waals surface area contributed by atoms with Crippen molar-refractivity contribution in [3.63, 3.8) is 0 Å². The number of rotatable bonds is 4. The van der Waals surface area contributed by atoms with Crippen LogP contribution in [0.15, 0.2) is 24.3 Å². The quantitative estimate of drug-likeness (QED) is 0.848. The minimum Gasteiger partial charge on any atom is -0.492 e. The zero-order valence-corrected chi connectivity index (χ0v) is 13.4. The summed E-state index contributed by atoms with van der Waals surface area (Å²) in [6.45, 7) is 10.3. The molecular formula is C18H26N2O. The summed E-state index contributed by atoms with van der Waals surface area (Å²) in [5.74, 6) is 1.20. The molecule has 3 nitrogen and oxygen atoms in total. The van der Waals surface area contributed by atoms with Crippen molar-refractivity contribution in [3.8, 4) is 11.8 Å². The number of hydrogen-bond donors (Lipinski definition) is 0. The van der Waals surface area contributed by atoms with Crippen molar-refractivity contribution < 1.29 is 4.74 Å². The molecule has 0 unspecified atom stereocenters. The van der Waals surface area contributed by atoms with Gasteiger partial charge in [-0.1, -0.05) is 32.9 Å². The standard InChI is InChI=1S/C18H26N2O/c1-18(2,3)16-4-6-17(7-5-16)21-13-12-20-10-8-15(14-19)9-11-20/h4-7,15H,8-13H2,1-3H3. The van der Waals surface area contributed by atoms with E-state index in [0.29, 0.717) is 6.61 Å². The molecule has 0 aliphatic carbocycles. The summed E-state index contributed by atoms with van der Waals surface area (Å²) in [7, 11) is 0. The zero-order valence-electron chi connectivity index (χ0n) is 13.4. The Kier molecular flexibility index (Phi) is 5.25. The maximum absolute atomic E-state index is 8.89. The number of nitrogens with zero attached hydrogens (tertiary/aromatic N) is 2. The number of benzene rings is 1. The third kappa shape index (κ3) is 4.75. The summed E-state index contributed by atoms with van der Waals surface area (Å²) in [5, 5.41) is 8.89. The SMILES string of the molecule is CC(C)(C)c1ccc(OCCN2CCC(C#N)CC2)cc1. The lowest BCUT2D eigenvalue weighted by atomic mass is 9.87. The second-order valence-electron chi connectivity index (χ2n) is 6.87. The van der Waals surface area contributed by atoms with Gasteiger partial charge < -0.3 is 4.74 Å². The van der Waals surface area contributed by atoms with Crippen molar-refractivity contribution >= 4 is 0 Å². The molecule has 3 heteroatoms. The highest BCUT2D eigenvalue weighted by Gasteiger charge is 2.18. The third-order valence-corrected chi connectivity index (χ3v) is 4.17. The Morgan fingerprint density at radius 3 is 2.33 bits per heavy atom. The van der Waals surface area contributed by atoms with E-state index in [1.165, 1.54) is 5.56 Å². The lowest BCUT2D eigenvalue weighted by Gasteiger charge is -2.28.